The molecular formula is C25H20FN4O3S+. The van der Waals surface area contributed by atoms with Crippen molar-refractivity contribution >= 4 is 23.4 Å². The summed E-state index contributed by atoms with van der Waals surface area (Å²) in [4.78, 5) is 30.5. The zero-order valence-corrected chi connectivity index (χ0v) is 19.0. The quantitative estimate of drug-likeness (QED) is 0.264. The number of rotatable bonds is 5. The average molecular weight is 476 g/mol. The van der Waals surface area contributed by atoms with Crippen molar-refractivity contribution in [3.63, 3.8) is 0 Å². The van der Waals surface area contributed by atoms with Crippen molar-refractivity contribution in [2.24, 2.45) is 0 Å². The Kier molecular flexibility index (Phi) is 5.62. The topological polar surface area (TPSA) is 83.1 Å². The standard InChI is InChI=1S/C25H19FN4O3S/c1-3-14-34-25-27-23(32)22-18-6-4-5-7-19(18)29(15(2)31)24(30(22)28-25)21-13-12-20(33-21)16-8-10-17(26)11-9-16/h3-13,24H,1,14H2,2H3/p+1. The smallest absolute Gasteiger partial charge is 0.325 e. The number of furan rings is 1. The van der Waals surface area contributed by atoms with Crippen LogP contribution in [0.2, 0.25) is 0 Å². The maximum absolute atomic E-state index is 13.4. The Morgan fingerprint density at radius 3 is 2.74 bits per heavy atom. The second-order valence-electron chi connectivity index (χ2n) is 7.64. The monoisotopic (exact) mass is 475 g/mol. The molecule has 0 fully saturated rings. The lowest BCUT2D eigenvalue weighted by atomic mass is 10.0. The van der Waals surface area contributed by atoms with Crippen molar-refractivity contribution in [2.75, 3.05) is 10.7 Å². The number of thioether (sulfide) groups is 1. The summed E-state index contributed by atoms with van der Waals surface area (Å²) in [5.74, 6) is 0.881. The van der Waals surface area contributed by atoms with Crippen LogP contribution in [0.3, 0.4) is 0 Å². The summed E-state index contributed by atoms with van der Waals surface area (Å²) in [6.45, 7) is 5.17. The highest BCUT2D eigenvalue weighted by Gasteiger charge is 2.46. The molecule has 4 aromatic rings. The molecule has 9 heteroatoms. The normalized spacial score (nSPS) is 14.4. The second-order valence-corrected chi connectivity index (χ2v) is 8.65. The number of aromatic amines is 1. The SMILES string of the molecule is C=CCSc1n[n+]2c(c(=O)[nH]1)-c1ccccc1N(C(C)=O)C2c1ccc(-c2ccc(F)cc2)o1. The van der Waals surface area contributed by atoms with Crippen LogP contribution in [0.5, 0.6) is 0 Å². The summed E-state index contributed by atoms with van der Waals surface area (Å²) >= 11 is 1.32. The van der Waals surface area contributed by atoms with Crippen LogP contribution in [0, 0.1) is 5.82 Å². The molecule has 0 saturated heterocycles. The molecule has 5 rings (SSSR count). The third kappa shape index (κ3) is 3.73. The average Bonchev–Trinajstić information content (AvgIpc) is 3.31. The fourth-order valence-corrected chi connectivity index (χ4v) is 4.62. The Bertz CT molecular complexity index is 1460. The molecule has 1 amide bonds. The number of fused-ring (bicyclic) bond motifs is 3. The van der Waals surface area contributed by atoms with Crippen LogP contribution in [0.4, 0.5) is 10.1 Å². The number of nitrogens with zero attached hydrogens (tertiary/aromatic N) is 3. The van der Waals surface area contributed by atoms with E-state index in [0.29, 0.717) is 44.9 Å². The number of para-hydroxylation sites is 1. The van der Waals surface area contributed by atoms with Gasteiger partial charge in [-0.15, -0.1) is 6.58 Å². The summed E-state index contributed by atoms with van der Waals surface area (Å²) in [6, 6.07) is 16.6. The predicted octanol–water partition coefficient (Wildman–Crippen LogP) is 4.32. The molecule has 0 bridgehead atoms. The van der Waals surface area contributed by atoms with Crippen LogP contribution in [0.25, 0.3) is 22.6 Å². The number of aromatic nitrogens is 3. The van der Waals surface area contributed by atoms with Crippen LogP contribution in [0.1, 0.15) is 18.8 Å². The summed E-state index contributed by atoms with van der Waals surface area (Å²) in [6.07, 6.45) is 0.882. The Labute approximate surface area is 198 Å². The Morgan fingerprint density at radius 2 is 2.00 bits per heavy atom. The van der Waals surface area contributed by atoms with Gasteiger partial charge in [0.05, 0.1) is 11.3 Å². The number of carbonyl (C=O) groups excluding carboxylic acids is 1. The Balaban J connectivity index is 1.72. The molecule has 0 radical (unpaired) electrons. The molecule has 1 atom stereocenters. The molecule has 0 spiro atoms. The van der Waals surface area contributed by atoms with E-state index in [0.717, 1.165) is 0 Å². The van der Waals surface area contributed by atoms with Crippen molar-refractivity contribution in [3.8, 4) is 22.6 Å². The van der Waals surface area contributed by atoms with Crippen molar-refractivity contribution in [3.05, 3.63) is 95.2 Å². The third-order valence-corrected chi connectivity index (χ3v) is 6.30. The zero-order chi connectivity index (χ0) is 23.8. The molecule has 1 aliphatic rings. The molecule has 0 saturated carbocycles. The maximum atomic E-state index is 13.4. The first-order chi connectivity index (χ1) is 16.5. The van der Waals surface area contributed by atoms with Gasteiger partial charge in [0.1, 0.15) is 11.6 Å². The molecule has 3 heterocycles. The van der Waals surface area contributed by atoms with E-state index < -0.39 is 6.17 Å². The van der Waals surface area contributed by atoms with E-state index in [1.54, 1.807) is 53.4 Å². The van der Waals surface area contributed by atoms with Gasteiger partial charge < -0.3 is 4.42 Å². The fourth-order valence-electron chi connectivity index (χ4n) is 4.03. The van der Waals surface area contributed by atoms with Gasteiger partial charge in [0, 0.05) is 23.3 Å². The number of halogens is 1. The number of hydrogen-bond acceptors (Lipinski definition) is 5. The molecule has 1 unspecified atom stereocenters. The number of H-pyrrole nitrogens is 1. The van der Waals surface area contributed by atoms with E-state index in [-0.39, 0.29) is 17.3 Å². The molecule has 7 nitrogen and oxygen atoms in total. The fraction of sp³-hybridized carbons (Fsp3) is 0.120. The molecule has 1 N–H and O–H groups in total. The lowest BCUT2D eigenvalue weighted by molar-refractivity contribution is -0.764. The van der Waals surface area contributed by atoms with E-state index in [1.807, 2.05) is 6.07 Å². The third-order valence-electron chi connectivity index (χ3n) is 5.45. The first-order valence-electron chi connectivity index (χ1n) is 10.5. The lowest BCUT2D eigenvalue weighted by Gasteiger charge is -2.30. The van der Waals surface area contributed by atoms with Gasteiger partial charge in [-0.3, -0.25) is 14.6 Å². The minimum atomic E-state index is -0.832. The highest BCUT2D eigenvalue weighted by Crippen LogP contribution is 2.38. The minimum absolute atomic E-state index is 0.238. The van der Waals surface area contributed by atoms with E-state index in [1.165, 1.54) is 35.5 Å². The number of carbonyl (C=O) groups is 1. The van der Waals surface area contributed by atoms with Gasteiger partial charge in [0.25, 0.3) is 0 Å². The van der Waals surface area contributed by atoms with Crippen molar-refractivity contribution in [1.29, 1.82) is 0 Å². The van der Waals surface area contributed by atoms with Crippen molar-refractivity contribution < 1.29 is 18.3 Å². The number of anilines is 1. The summed E-state index contributed by atoms with van der Waals surface area (Å²) in [5, 5.41) is 5.06. The number of benzene rings is 2. The highest BCUT2D eigenvalue weighted by molar-refractivity contribution is 7.99. The Hall–Kier alpha value is -3.98. The predicted molar refractivity (Wildman–Crippen MR) is 127 cm³/mol. The summed E-state index contributed by atoms with van der Waals surface area (Å²) < 4.78 is 21.1. The molecule has 2 aromatic carbocycles. The Morgan fingerprint density at radius 1 is 1.24 bits per heavy atom. The van der Waals surface area contributed by atoms with E-state index in [2.05, 4.69) is 16.7 Å². The van der Waals surface area contributed by atoms with Crippen LogP contribution >= 0.6 is 11.8 Å². The van der Waals surface area contributed by atoms with Gasteiger partial charge in [0.15, 0.2) is 5.76 Å². The van der Waals surface area contributed by atoms with Crippen molar-refractivity contribution in [1.82, 2.24) is 10.1 Å². The number of hydrogen-bond donors (Lipinski definition) is 1. The zero-order valence-electron chi connectivity index (χ0n) is 18.2. The van der Waals surface area contributed by atoms with Crippen LogP contribution in [0.15, 0.2) is 87.7 Å². The van der Waals surface area contributed by atoms with Gasteiger partial charge in [-0.2, -0.15) is 0 Å². The van der Waals surface area contributed by atoms with E-state index in [9.17, 15) is 14.0 Å². The van der Waals surface area contributed by atoms with Crippen LogP contribution in [-0.2, 0) is 4.79 Å². The molecule has 170 valence electrons. The van der Waals surface area contributed by atoms with Gasteiger partial charge in [-0.25, -0.2) is 9.29 Å². The molecular weight excluding hydrogens is 455 g/mol. The lowest BCUT2D eigenvalue weighted by Crippen LogP contribution is -2.60. The van der Waals surface area contributed by atoms with Gasteiger partial charge in [0.2, 0.25) is 11.1 Å². The van der Waals surface area contributed by atoms with Crippen molar-refractivity contribution in [2.45, 2.75) is 18.2 Å². The maximum Gasteiger partial charge on any atom is 0.325 e. The van der Waals surface area contributed by atoms with Gasteiger partial charge in [-0.1, -0.05) is 30.0 Å². The highest BCUT2D eigenvalue weighted by atomic mass is 32.2. The minimum Gasteiger partial charge on any atom is -0.452 e. The van der Waals surface area contributed by atoms with E-state index in [4.69, 9.17) is 4.42 Å². The van der Waals surface area contributed by atoms with Crippen LogP contribution in [-0.4, -0.2) is 21.7 Å². The molecule has 0 aliphatic carbocycles. The first kappa shape index (κ1) is 21.8. The molecule has 1 aliphatic heterocycles. The van der Waals surface area contributed by atoms with Gasteiger partial charge in [-0.05, 0) is 53.2 Å². The number of amides is 1. The van der Waals surface area contributed by atoms with Crippen LogP contribution < -0.4 is 15.1 Å². The summed E-state index contributed by atoms with van der Waals surface area (Å²) in [7, 11) is 0. The van der Waals surface area contributed by atoms with E-state index >= 15 is 0 Å². The number of nitrogens with one attached hydrogen (secondary N) is 1. The first-order valence-corrected chi connectivity index (χ1v) is 11.5. The second kappa shape index (κ2) is 8.75. The summed E-state index contributed by atoms with van der Waals surface area (Å²) in [5.41, 5.74) is 1.85. The molecule has 34 heavy (non-hydrogen) atoms. The largest absolute Gasteiger partial charge is 0.452 e. The molecule has 2 aromatic heterocycles. The van der Waals surface area contributed by atoms with Gasteiger partial charge >= 0.3 is 17.4 Å².